The van der Waals surface area contributed by atoms with E-state index in [4.69, 9.17) is 18.9 Å². The average molecular weight is 838 g/mol. The maximum Gasteiger partial charge on any atom is 0.220 e. The summed E-state index contributed by atoms with van der Waals surface area (Å²) < 4.78 is 22.5. The number of unbranched alkanes of at least 4 members (excludes halogenated alkanes) is 7. The normalized spacial score (nSPS) is 29.3. The summed E-state index contributed by atoms with van der Waals surface area (Å²) in [5.74, 6) is -0.290. The van der Waals surface area contributed by atoms with Crippen LogP contribution in [0.4, 0.5) is 0 Å². The van der Waals surface area contributed by atoms with Crippen molar-refractivity contribution in [1.82, 2.24) is 5.32 Å². The molecule has 14 heteroatoms. The van der Waals surface area contributed by atoms with Crippen LogP contribution in [0.25, 0.3) is 0 Å². The number of rotatable bonds is 30. The molecule has 2 aliphatic heterocycles. The first-order valence-corrected chi connectivity index (χ1v) is 21.7. The fourth-order valence-corrected chi connectivity index (χ4v) is 6.50. The van der Waals surface area contributed by atoms with Gasteiger partial charge in [0.2, 0.25) is 5.91 Å². The van der Waals surface area contributed by atoms with Gasteiger partial charge in [0.25, 0.3) is 0 Å². The van der Waals surface area contributed by atoms with E-state index in [9.17, 15) is 45.6 Å². The van der Waals surface area contributed by atoms with Crippen molar-refractivity contribution in [2.24, 2.45) is 0 Å². The molecule has 2 fully saturated rings. The molecule has 12 atom stereocenters. The van der Waals surface area contributed by atoms with E-state index in [1.807, 2.05) is 6.08 Å². The molecule has 2 aliphatic rings. The third-order valence-electron chi connectivity index (χ3n) is 10.1. The zero-order valence-electron chi connectivity index (χ0n) is 35.2. The second kappa shape index (κ2) is 32.2. The SMILES string of the molecule is CC/C=C\C/C=C\C/C=C\CCCCCC(=O)NC(COC1OC(CO)C(OC2OC(CO)C(O)C(O)C2O)C(O)C1O)C(O)/C=C/CC/C=C/CC/C=C/CCCC. The Kier molecular flexibility index (Phi) is 28.7. The molecule has 0 aromatic carbocycles. The maximum atomic E-state index is 13.1. The molecule has 14 nitrogen and oxygen atoms in total. The topological polar surface area (TPSA) is 228 Å². The molecule has 1 amide bonds. The van der Waals surface area contributed by atoms with E-state index < -0.39 is 86.8 Å². The highest BCUT2D eigenvalue weighted by atomic mass is 16.7. The number of allylic oxidation sites excluding steroid dienone is 11. The molecule has 0 aliphatic carbocycles. The quantitative estimate of drug-likeness (QED) is 0.0372. The van der Waals surface area contributed by atoms with Gasteiger partial charge in [-0.15, -0.1) is 0 Å². The lowest BCUT2D eigenvalue weighted by atomic mass is 9.97. The smallest absolute Gasteiger partial charge is 0.220 e. The third kappa shape index (κ3) is 20.7. The molecule has 0 radical (unpaired) electrons. The van der Waals surface area contributed by atoms with Crippen LogP contribution in [0.1, 0.15) is 110 Å². The molecular formula is C45H75NO13. The third-order valence-corrected chi connectivity index (χ3v) is 10.1. The summed E-state index contributed by atoms with van der Waals surface area (Å²) in [5.41, 5.74) is 0. The van der Waals surface area contributed by atoms with Gasteiger partial charge >= 0.3 is 0 Å². The number of nitrogens with one attached hydrogen (secondary N) is 1. The van der Waals surface area contributed by atoms with Crippen LogP contribution in [-0.2, 0) is 23.7 Å². The number of aliphatic hydroxyl groups is 8. The highest BCUT2D eigenvalue weighted by Gasteiger charge is 2.50. The largest absolute Gasteiger partial charge is 0.394 e. The lowest BCUT2D eigenvalue weighted by Crippen LogP contribution is -2.65. The van der Waals surface area contributed by atoms with E-state index in [-0.39, 0.29) is 18.9 Å². The lowest BCUT2D eigenvalue weighted by Gasteiger charge is -2.46. The predicted molar refractivity (Wildman–Crippen MR) is 226 cm³/mol. The zero-order valence-corrected chi connectivity index (χ0v) is 35.2. The molecule has 338 valence electrons. The van der Waals surface area contributed by atoms with Crippen molar-refractivity contribution in [3.05, 3.63) is 72.9 Å². The van der Waals surface area contributed by atoms with E-state index in [1.54, 1.807) is 6.08 Å². The number of amides is 1. The van der Waals surface area contributed by atoms with Crippen LogP contribution in [-0.4, -0.2) is 140 Å². The van der Waals surface area contributed by atoms with Gasteiger partial charge in [-0.2, -0.15) is 0 Å². The Hall–Kier alpha value is -2.57. The molecule has 2 saturated heterocycles. The molecule has 9 N–H and O–H groups in total. The Morgan fingerprint density at radius 3 is 1.83 bits per heavy atom. The summed E-state index contributed by atoms with van der Waals surface area (Å²) in [5, 5.41) is 86.3. The lowest BCUT2D eigenvalue weighted by molar-refractivity contribution is -0.359. The highest BCUT2D eigenvalue weighted by Crippen LogP contribution is 2.29. The Balaban J connectivity index is 1.97. The maximum absolute atomic E-state index is 13.1. The second-order valence-corrected chi connectivity index (χ2v) is 15.1. The standard InChI is InChI=1S/C45H75NO13/c1-3-5-7-9-11-13-15-17-19-21-23-25-27-29-37(50)46-33(34(49)28-26-24-22-20-18-16-14-12-10-8-6-4-2)32-56-44-42(55)40(53)43(36(31-48)58-44)59-45-41(54)39(52)38(51)35(30-47)57-45/h5,7,10-13,17-20,26,28,33-36,38-45,47-49,51-55H,3-4,6,8-9,14-16,21-25,27,29-32H2,1-2H3,(H,46,50)/b7-5-,12-10+,13-11-,19-17-,20-18+,28-26+. The number of carbonyl (C=O) groups excluding carboxylic acids is 1. The fourth-order valence-electron chi connectivity index (χ4n) is 6.50. The van der Waals surface area contributed by atoms with Crippen molar-refractivity contribution in [3.63, 3.8) is 0 Å². The van der Waals surface area contributed by atoms with Gasteiger partial charge in [-0.3, -0.25) is 4.79 Å². The molecule has 2 rings (SSSR count). The van der Waals surface area contributed by atoms with E-state index in [1.165, 1.54) is 12.8 Å². The molecule has 0 bridgehead atoms. The second-order valence-electron chi connectivity index (χ2n) is 15.1. The van der Waals surface area contributed by atoms with Gasteiger partial charge < -0.3 is 65.1 Å². The molecule has 0 saturated carbocycles. The highest BCUT2D eigenvalue weighted by molar-refractivity contribution is 5.76. The number of carbonyl (C=O) groups is 1. The zero-order chi connectivity index (χ0) is 43.3. The minimum Gasteiger partial charge on any atom is -0.394 e. The Labute approximate surface area is 351 Å². The van der Waals surface area contributed by atoms with Crippen LogP contribution in [0.2, 0.25) is 0 Å². The summed E-state index contributed by atoms with van der Waals surface area (Å²) in [6.07, 6.45) is 21.1. The fraction of sp³-hybridized carbons (Fsp3) is 0.711. The van der Waals surface area contributed by atoms with Crippen molar-refractivity contribution < 1.29 is 64.6 Å². The molecule has 0 spiro atoms. The number of ether oxygens (including phenoxy) is 4. The van der Waals surface area contributed by atoms with Gasteiger partial charge in [-0.05, 0) is 70.6 Å². The minimum absolute atomic E-state index is 0.230. The number of aliphatic hydroxyl groups excluding tert-OH is 8. The van der Waals surface area contributed by atoms with Crippen molar-refractivity contribution in [1.29, 1.82) is 0 Å². The van der Waals surface area contributed by atoms with Crippen LogP contribution in [0.5, 0.6) is 0 Å². The molecule has 0 aromatic heterocycles. The predicted octanol–water partition coefficient (Wildman–Crippen LogP) is 3.70. The van der Waals surface area contributed by atoms with Gasteiger partial charge in [0.05, 0.1) is 32.0 Å². The van der Waals surface area contributed by atoms with Crippen molar-refractivity contribution in [3.8, 4) is 0 Å². The first-order valence-electron chi connectivity index (χ1n) is 21.7. The van der Waals surface area contributed by atoms with Gasteiger partial charge in [0.1, 0.15) is 48.8 Å². The van der Waals surface area contributed by atoms with Crippen LogP contribution in [0.15, 0.2) is 72.9 Å². The molecule has 59 heavy (non-hydrogen) atoms. The summed E-state index contributed by atoms with van der Waals surface area (Å²) in [4.78, 5) is 13.1. The first kappa shape index (κ1) is 52.6. The number of hydrogen-bond donors (Lipinski definition) is 9. The summed E-state index contributed by atoms with van der Waals surface area (Å²) in [6, 6.07) is -0.953. The molecular weight excluding hydrogens is 762 g/mol. The number of hydrogen-bond acceptors (Lipinski definition) is 13. The van der Waals surface area contributed by atoms with Gasteiger partial charge in [0, 0.05) is 6.42 Å². The minimum atomic E-state index is -1.80. The summed E-state index contributed by atoms with van der Waals surface area (Å²) in [7, 11) is 0. The van der Waals surface area contributed by atoms with Crippen molar-refractivity contribution >= 4 is 5.91 Å². The molecule has 12 unspecified atom stereocenters. The van der Waals surface area contributed by atoms with Gasteiger partial charge in [-0.1, -0.05) is 106 Å². The van der Waals surface area contributed by atoms with E-state index in [0.717, 1.165) is 64.2 Å². The molecule has 2 heterocycles. The Morgan fingerprint density at radius 2 is 1.19 bits per heavy atom. The first-order chi connectivity index (χ1) is 28.6. The molecule has 0 aromatic rings. The van der Waals surface area contributed by atoms with Gasteiger partial charge in [-0.25, -0.2) is 0 Å². The summed E-state index contributed by atoms with van der Waals surface area (Å²) in [6.45, 7) is 2.52. The average Bonchev–Trinajstić information content (AvgIpc) is 3.23. The Bertz CT molecular complexity index is 1270. The van der Waals surface area contributed by atoms with Crippen LogP contribution < -0.4 is 5.32 Å². The summed E-state index contributed by atoms with van der Waals surface area (Å²) >= 11 is 0. The van der Waals surface area contributed by atoms with E-state index >= 15 is 0 Å². The van der Waals surface area contributed by atoms with Gasteiger partial charge in [0.15, 0.2) is 12.6 Å². The van der Waals surface area contributed by atoms with E-state index in [0.29, 0.717) is 12.8 Å². The Morgan fingerprint density at radius 1 is 0.627 bits per heavy atom. The van der Waals surface area contributed by atoms with E-state index in [2.05, 4.69) is 79.9 Å². The van der Waals surface area contributed by atoms with Crippen molar-refractivity contribution in [2.45, 2.75) is 184 Å². The monoisotopic (exact) mass is 838 g/mol. The van der Waals surface area contributed by atoms with Crippen LogP contribution >= 0.6 is 0 Å². The van der Waals surface area contributed by atoms with Crippen LogP contribution in [0.3, 0.4) is 0 Å². The van der Waals surface area contributed by atoms with Crippen molar-refractivity contribution in [2.75, 3.05) is 19.8 Å². The van der Waals surface area contributed by atoms with Crippen LogP contribution in [0, 0.1) is 0 Å².